The summed E-state index contributed by atoms with van der Waals surface area (Å²) in [6.45, 7) is 2.77. The summed E-state index contributed by atoms with van der Waals surface area (Å²) in [5.74, 6) is -1.96. The number of nitrogens with zero attached hydrogens (tertiary/aromatic N) is 1. The number of halogens is 3. The highest BCUT2D eigenvalue weighted by molar-refractivity contribution is 5.86. The molecule has 6 nitrogen and oxygen atoms in total. The van der Waals surface area contributed by atoms with Gasteiger partial charge in [0.25, 0.3) is 0 Å². The molecule has 134 valence electrons. The van der Waals surface area contributed by atoms with Crippen molar-refractivity contribution in [3.8, 4) is 0 Å². The van der Waals surface area contributed by atoms with Gasteiger partial charge in [0.1, 0.15) is 5.69 Å². The van der Waals surface area contributed by atoms with E-state index >= 15 is 0 Å². The SMILES string of the molecule is CC(C)(NC(=O)CNC(=O)C1CCCC1)c1cc(C(F)(F)F)on1. The van der Waals surface area contributed by atoms with Crippen molar-refractivity contribution in [1.82, 2.24) is 15.8 Å². The van der Waals surface area contributed by atoms with Gasteiger partial charge in [0, 0.05) is 12.0 Å². The number of carbonyl (C=O) groups excluding carboxylic acids is 2. The molecule has 1 aliphatic rings. The van der Waals surface area contributed by atoms with E-state index in [1.165, 1.54) is 13.8 Å². The maximum atomic E-state index is 12.5. The minimum absolute atomic E-state index is 0.0507. The van der Waals surface area contributed by atoms with Crippen molar-refractivity contribution < 1.29 is 27.3 Å². The molecule has 9 heteroatoms. The van der Waals surface area contributed by atoms with Gasteiger partial charge in [-0.05, 0) is 26.7 Å². The molecule has 0 radical (unpaired) electrons. The van der Waals surface area contributed by atoms with Crippen molar-refractivity contribution >= 4 is 11.8 Å². The van der Waals surface area contributed by atoms with Gasteiger partial charge in [-0.15, -0.1) is 0 Å². The second-order valence-corrected chi connectivity index (χ2v) is 6.45. The number of carbonyl (C=O) groups is 2. The molecule has 0 atom stereocenters. The van der Waals surface area contributed by atoms with Crippen molar-refractivity contribution in [3.05, 3.63) is 17.5 Å². The fourth-order valence-corrected chi connectivity index (χ4v) is 2.66. The van der Waals surface area contributed by atoms with Crippen LogP contribution >= 0.6 is 0 Å². The summed E-state index contributed by atoms with van der Waals surface area (Å²) in [5, 5.41) is 8.46. The highest BCUT2D eigenvalue weighted by Gasteiger charge is 2.38. The Kier molecular flexibility index (Phi) is 5.19. The molecule has 1 heterocycles. The van der Waals surface area contributed by atoms with Gasteiger partial charge < -0.3 is 15.2 Å². The molecule has 1 aromatic heterocycles. The lowest BCUT2D eigenvalue weighted by molar-refractivity contribution is -0.155. The summed E-state index contributed by atoms with van der Waals surface area (Å²) in [6, 6.07) is 0.747. The Morgan fingerprint density at radius 1 is 1.29 bits per heavy atom. The van der Waals surface area contributed by atoms with Crippen LogP contribution in [-0.4, -0.2) is 23.5 Å². The number of aromatic nitrogens is 1. The summed E-state index contributed by atoms with van der Waals surface area (Å²) >= 11 is 0. The minimum Gasteiger partial charge on any atom is -0.351 e. The van der Waals surface area contributed by atoms with Gasteiger partial charge in [0.2, 0.25) is 17.6 Å². The van der Waals surface area contributed by atoms with Crippen molar-refractivity contribution in [1.29, 1.82) is 0 Å². The quantitative estimate of drug-likeness (QED) is 0.856. The van der Waals surface area contributed by atoms with E-state index in [4.69, 9.17) is 0 Å². The van der Waals surface area contributed by atoms with Gasteiger partial charge in [-0.25, -0.2) is 0 Å². The first-order valence-corrected chi connectivity index (χ1v) is 7.73. The lowest BCUT2D eigenvalue weighted by Crippen LogP contribution is -2.46. The van der Waals surface area contributed by atoms with E-state index in [1.807, 2.05) is 0 Å². The van der Waals surface area contributed by atoms with E-state index in [2.05, 4.69) is 20.3 Å². The Morgan fingerprint density at radius 3 is 2.46 bits per heavy atom. The van der Waals surface area contributed by atoms with Crippen LogP contribution in [0, 0.1) is 5.92 Å². The third kappa shape index (κ3) is 4.48. The molecule has 1 saturated carbocycles. The van der Waals surface area contributed by atoms with Gasteiger partial charge in [0.15, 0.2) is 0 Å². The first-order valence-electron chi connectivity index (χ1n) is 7.73. The van der Waals surface area contributed by atoms with Crippen molar-refractivity contribution in [2.24, 2.45) is 5.92 Å². The van der Waals surface area contributed by atoms with E-state index in [0.29, 0.717) is 0 Å². The predicted octanol–water partition coefficient (Wildman–Crippen LogP) is 2.35. The minimum atomic E-state index is -4.64. The maximum absolute atomic E-state index is 12.5. The smallest absolute Gasteiger partial charge is 0.351 e. The first kappa shape index (κ1) is 18.3. The number of nitrogens with one attached hydrogen (secondary N) is 2. The number of hydrogen-bond acceptors (Lipinski definition) is 4. The summed E-state index contributed by atoms with van der Waals surface area (Å²) in [4.78, 5) is 23.8. The van der Waals surface area contributed by atoms with Crippen molar-refractivity contribution in [2.75, 3.05) is 6.54 Å². The standard InChI is InChI=1S/C15H20F3N3O3/c1-14(2,10-7-11(24-21-10)15(16,17)18)20-12(22)8-19-13(23)9-5-3-4-6-9/h7,9H,3-6,8H2,1-2H3,(H,19,23)(H,20,22). The summed E-state index contributed by atoms with van der Waals surface area (Å²) in [5.41, 5.74) is -1.22. The number of rotatable bonds is 5. The molecule has 0 aromatic carbocycles. The Labute approximate surface area is 137 Å². The zero-order chi connectivity index (χ0) is 18.0. The predicted molar refractivity (Wildman–Crippen MR) is 77.6 cm³/mol. The molecule has 1 aliphatic carbocycles. The van der Waals surface area contributed by atoms with Crippen LogP contribution in [0.5, 0.6) is 0 Å². The Balaban J connectivity index is 1.89. The number of amides is 2. The Bertz CT molecular complexity index is 605. The van der Waals surface area contributed by atoms with E-state index in [-0.39, 0.29) is 24.1 Å². The Hall–Kier alpha value is -2.06. The maximum Gasteiger partial charge on any atom is 0.452 e. The molecular weight excluding hydrogens is 327 g/mol. The molecule has 2 amide bonds. The fourth-order valence-electron chi connectivity index (χ4n) is 2.66. The molecule has 0 bridgehead atoms. The lowest BCUT2D eigenvalue weighted by Gasteiger charge is -2.23. The normalized spacial score (nSPS) is 16.2. The summed E-state index contributed by atoms with van der Waals surface area (Å²) in [6.07, 6.45) is -0.993. The molecule has 2 N–H and O–H groups in total. The van der Waals surface area contributed by atoms with Crippen LogP contribution in [0.2, 0.25) is 0 Å². The van der Waals surface area contributed by atoms with Crippen LogP contribution in [0.15, 0.2) is 10.6 Å². The van der Waals surface area contributed by atoms with Gasteiger partial charge in [-0.3, -0.25) is 9.59 Å². The van der Waals surface area contributed by atoms with E-state index in [0.717, 1.165) is 31.7 Å². The van der Waals surface area contributed by atoms with Crippen LogP contribution in [0.25, 0.3) is 0 Å². The summed E-state index contributed by atoms with van der Waals surface area (Å²) in [7, 11) is 0. The molecule has 2 rings (SSSR count). The van der Waals surface area contributed by atoms with Crippen molar-refractivity contribution in [3.63, 3.8) is 0 Å². The highest BCUT2D eigenvalue weighted by atomic mass is 19.4. The average Bonchev–Trinajstić information content (AvgIpc) is 3.14. The number of hydrogen-bond donors (Lipinski definition) is 2. The fraction of sp³-hybridized carbons (Fsp3) is 0.667. The molecule has 24 heavy (non-hydrogen) atoms. The second-order valence-electron chi connectivity index (χ2n) is 6.45. The van der Waals surface area contributed by atoms with Gasteiger partial charge >= 0.3 is 6.18 Å². The molecule has 1 aromatic rings. The van der Waals surface area contributed by atoms with E-state index < -0.39 is 23.4 Å². The average molecular weight is 347 g/mol. The highest BCUT2D eigenvalue weighted by Crippen LogP contribution is 2.32. The first-order chi connectivity index (χ1) is 11.1. The molecule has 0 unspecified atom stereocenters. The largest absolute Gasteiger partial charge is 0.452 e. The van der Waals surface area contributed by atoms with Gasteiger partial charge in [-0.1, -0.05) is 18.0 Å². The third-order valence-corrected chi connectivity index (χ3v) is 4.03. The Morgan fingerprint density at radius 2 is 1.92 bits per heavy atom. The van der Waals surface area contributed by atoms with Crippen LogP contribution in [-0.2, 0) is 21.3 Å². The van der Waals surface area contributed by atoms with Crippen LogP contribution in [0.4, 0.5) is 13.2 Å². The lowest BCUT2D eigenvalue weighted by atomic mass is 10.0. The zero-order valence-corrected chi connectivity index (χ0v) is 13.5. The number of alkyl halides is 3. The van der Waals surface area contributed by atoms with Crippen LogP contribution in [0.3, 0.4) is 0 Å². The second kappa shape index (κ2) is 6.82. The molecule has 0 saturated heterocycles. The molecule has 0 aliphatic heterocycles. The van der Waals surface area contributed by atoms with Crippen LogP contribution in [0.1, 0.15) is 51.0 Å². The monoisotopic (exact) mass is 347 g/mol. The molecule has 1 fully saturated rings. The van der Waals surface area contributed by atoms with Gasteiger partial charge in [0.05, 0.1) is 12.1 Å². The van der Waals surface area contributed by atoms with Gasteiger partial charge in [-0.2, -0.15) is 13.2 Å². The third-order valence-electron chi connectivity index (χ3n) is 4.03. The summed E-state index contributed by atoms with van der Waals surface area (Å²) < 4.78 is 41.9. The zero-order valence-electron chi connectivity index (χ0n) is 13.5. The van der Waals surface area contributed by atoms with E-state index in [1.54, 1.807) is 0 Å². The van der Waals surface area contributed by atoms with Crippen molar-refractivity contribution in [2.45, 2.75) is 51.2 Å². The van der Waals surface area contributed by atoms with E-state index in [9.17, 15) is 22.8 Å². The molecule has 0 spiro atoms. The topological polar surface area (TPSA) is 84.2 Å². The molecular formula is C15H20F3N3O3. The van der Waals surface area contributed by atoms with Crippen LogP contribution < -0.4 is 10.6 Å².